The Balaban J connectivity index is 1.44. The zero-order valence-electron chi connectivity index (χ0n) is 26.9. The summed E-state index contributed by atoms with van der Waals surface area (Å²) in [7, 11) is 0. The average molecular weight is 603 g/mol. The van der Waals surface area contributed by atoms with E-state index >= 15 is 0 Å². The van der Waals surface area contributed by atoms with Gasteiger partial charge in [0.1, 0.15) is 5.75 Å². The number of hydrogen-bond acceptors (Lipinski definition) is 5. The van der Waals surface area contributed by atoms with Crippen molar-refractivity contribution in [3.63, 3.8) is 0 Å². The van der Waals surface area contributed by atoms with Crippen LogP contribution in [0.5, 0.6) is 5.75 Å². The minimum Gasteiger partial charge on any atom is -0.483 e. The summed E-state index contributed by atoms with van der Waals surface area (Å²) < 4.78 is 6.20. The predicted octanol–water partition coefficient (Wildman–Crippen LogP) is 7.90. The topological polar surface area (TPSA) is 75.7 Å². The molecule has 0 radical (unpaired) electrons. The van der Waals surface area contributed by atoms with E-state index in [1.165, 1.54) is 0 Å². The van der Waals surface area contributed by atoms with E-state index in [1.54, 1.807) is 0 Å². The molecular weight excluding hydrogens is 560 g/mol. The fourth-order valence-electron chi connectivity index (χ4n) is 7.23. The molecule has 232 valence electrons. The second-order valence-electron chi connectivity index (χ2n) is 14.4. The van der Waals surface area contributed by atoms with Gasteiger partial charge in [-0.1, -0.05) is 88.4 Å². The fraction of sp³-hybridized carbons (Fsp3) is 0.359. The summed E-state index contributed by atoms with van der Waals surface area (Å²) in [5.41, 5.74) is 6.59. The van der Waals surface area contributed by atoms with E-state index in [9.17, 15) is 14.4 Å². The number of anilines is 1. The molecule has 0 atom stereocenters. The monoisotopic (exact) mass is 602 g/mol. The van der Waals surface area contributed by atoms with Gasteiger partial charge in [-0.3, -0.25) is 14.4 Å². The molecule has 3 aliphatic rings. The first-order valence-corrected chi connectivity index (χ1v) is 15.8. The number of hydrogen-bond donors (Lipinski definition) is 1. The molecule has 6 rings (SSSR count). The minimum atomic E-state index is -0.551. The standard InChI is InChI=1S/C39H42N2O4/c1-25-12-11-15-27(18-25)40-34(44)24-45-33-17-10-9-16-28(33)35-36-29(19-38(2,3)21-31(36)42)41(23-26-13-7-6-8-14-26)30-20-39(4,5)22-32(43)37(30)35/h6-18,35H,19-24H2,1-5H3,(H,40,44). The molecule has 0 aromatic heterocycles. The van der Waals surface area contributed by atoms with Gasteiger partial charge in [-0.2, -0.15) is 0 Å². The summed E-state index contributed by atoms with van der Waals surface area (Å²) in [6.07, 6.45) is 2.27. The number of allylic oxidation sites excluding steroid dienone is 4. The van der Waals surface area contributed by atoms with E-state index in [2.05, 4.69) is 50.0 Å². The van der Waals surface area contributed by atoms with Crippen LogP contribution in [0.25, 0.3) is 0 Å². The Hall–Kier alpha value is -4.45. The molecule has 3 aromatic carbocycles. The summed E-state index contributed by atoms with van der Waals surface area (Å²) in [4.78, 5) is 43.7. The number of carbonyl (C=O) groups is 3. The van der Waals surface area contributed by atoms with Gasteiger partial charge in [-0.05, 0) is 59.9 Å². The molecule has 1 amide bonds. The van der Waals surface area contributed by atoms with E-state index in [4.69, 9.17) is 4.74 Å². The lowest BCUT2D eigenvalue weighted by Crippen LogP contribution is -2.44. The van der Waals surface area contributed by atoms with E-state index in [0.717, 1.165) is 40.9 Å². The van der Waals surface area contributed by atoms with Crippen molar-refractivity contribution >= 4 is 23.2 Å². The van der Waals surface area contributed by atoms with Crippen molar-refractivity contribution in [1.82, 2.24) is 4.90 Å². The highest BCUT2D eigenvalue weighted by molar-refractivity contribution is 6.07. The third-order valence-electron chi connectivity index (χ3n) is 9.10. The van der Waals surface area contributed by atoms with Crippen LogP contribution in [-0.4, -0.2) is 29.0 Å². The number of aryl methyl sites for hydroxylation is 1. The van der Waals surface area contributed by atoms with Crippen LogP contribution in [-0.2, 0) is 20.9 Å². The number of nitrogens with zero attached hydrogens (tertiary/aromatic N) is 1. The van der Waals surface area contributed by atoms with Gasteiger partial charge < -0.3 is 15.0 Å². The van der Waals surface area contributed by atoms with Crippen LogP contribution in [0, 0.1) is 17.8 Å². The number of carbonyl (C=O) groups excluding carboxylic acids is 3. The van der Waals surface area contributed by atoms with Crippen LogP contribution in [0.1, 0.15) is 76.0 Å². The number of Topliss-reactive ketones (excluding diaryl/α,β-unsaturated/α-hetero) is 2. The van der Waals surface area contributed by atoms with E-state index in [1.807, 2.05) is 73.7 Å². The van der Waals surface area contributed by atoms with Gasteiger partial charge in [0.05, 0.1) is 0 Å². The summed E-state index contributed by atoms with van der Waals surface area (Å²) in [5.74, 6) is -0.183. The third kappa shape index (κ3) is 6.37. The van der Waals surface area contributed by atoms with E-state index in [-0.39, 0.29) is 34.9 Å². The number of rotatable bonds is 7. The summed E-state index contributed by atoms with van der Waals surface area (Å²) in [6, 6.07) is 25.4. The Morgan fingerprint density at radius 3 is 2.02 bits per heavy atom. The largest absolute Gasteiger partial charge is 0.483 e. The lowest BCUT2D eigenvalue weighted by molar-refractivity contribution is -0.120. The van der Waals surface area contributed by atoms with Gasteiger partial charge in [0, 0.05) is 59.1 Å². The Labute approximate surface area is 266 Å². The molecule has 45 heavy (non-hydrogen) atoms. The zero-order chi connectivity index (χ0) is 31.9. The molecule has 2 aliphatic carbocycles. The molecule has 0 fully saturated rings. The second-order valence-corrected chi connectivity index (χ2v) is 14.4. The zero-order valence-corrected chi connectivity index (χ0v) is 26.9. The third-order valence-corrected chi connectivity index (χ3v) is 9.10. The molecule has 1 heterocycles. The Kier molecular flexibility index (Phi) is 8.02. The molecular formula is C39H42N2O4. The predicted molar refractivity (Wildman–Crippen MR) is 177 cm³/mol. The average Bonchev–Trinajstić information content (AvgIpc) is 2.96. The summed E-state index contributed by atoms with van der Waals surface area (Å²) in [6.45, 7) is 11.0. The van der Waals surface area contributed by atoms with Crippen molar-refractivity contribution in [3.8, 4) is 5.75 Å². The molecule has 1 aliphatic heterocycles. The highest BCUT2D eigenvalue weighted by atomic mass is 16.5. The maximum atomic E-state index is 14.2. The van der Waals surface area contributed by atoms with E-state index < -0.39 is 5.92 Å². The number of amides is 1. The van der Waals surface area contributed by atoms with Gasteiger partial charge in [0.25, 0.3) is 5.91 Å². The van der Waals surface area contributed by atoms with Gasteiger partial charge in [0.15, 0.2) is 18.2 Å². The molecule has 0 saturated carbocycles. The lowest BCUT2D eigenvalue weighted by atomic mass is 9.63. The SMILES string of the molecule is Cc1cccc(NC(=O)COc2ccccc2C2C3=C(CC(C)(C)CC3=O)N(Cc3ccccc3)C3=C2C(=O)CC(C)(C)C3)c1. The highest BCUT2D eigenvalue weighted by Gasteiger charge is 2.49. The maximum Gasteiger partial charge on any atom is 0.262 e. The number of benzene rings is 3. The molecule has 0 unspecified atom stereocenters. The van der Waals surface area contributed by atoms with Gasteiger partial charge in [0.2, 0.25) is 0 Å². The van der Waals surface area contributed by atoms with Crippen LogP contribution < -0.4 is 10.1 Å². The Bertz CT molecular complexity index is 1680. The molecule has 0 bridgehead atoms. The first-order chi connectivity index (χ1) is 21.4. The van der Waals surface area contributed by atoms with E-state index in [0.29, 0.717) is 42.0 Å². The van der Waals surface area contributed by atoms with Crippen LogP contribution in [0.3, 0.4) is 0 Å². The quantitative estimate of drug-likeness (QED) is 0.298. The van der Waals surface area contributed by atoms with Crippen molar-refractivity contribution in [2.45, 2.75) is 72.8 Å². The summed E-state index contributed by atoms with van der Waals surface area (Å²) >= 11 is 0. The fourth-order valence-corrected chi connectivity index (χ4v) is 7.23. The van der Waals surface area contributed by atoms with Gasteiger partial charge >= 0.3 is 0 Å². The molecule has 0 spiro atoms. The lowest BCUT2D eigenvalue weighted by Gasteiger charge is -2.49. The second kappa shape index (κ2) is 11.8. The smallest absolute Gasteiger partial charge is 0.262 e. The first kappa shape index (κ1) is 30.6. The molecule has 6 heteroatoms. The highest BCUT2D eigenvalue weighted by Crippen LogP contribution is 2.55. The molecule has 1 N–H and O–H groups in total. The molecule has 3 aromatic rings. The maximum absolute atomic E-state index is 14.2. The molecule has 0 saturated heterocycles. The Morgan fingerprint density at radius 2 is 1.40 bits per heavy atom. The number of nitrogens with one attached hydrogen (secondary N) is 1. The number of ether oxygens (including phenoxy) is 1. The van der Waals surface area contributed by atoms with Crippen LogP contribution in [0.4, 0.5) is 5.69 Å². The van der Waals surface area contributed by atoms with Crippen LogP contribution >= 0.6 is 0 Å². The number of ketones is 2. The normalized spacial score (nSPS) is 19.3. The van der Waals surface area contributed by atoms with Crippen molar-refractivity contribution in [2.75, 3.05) is 11.9 Å². The minimum absolute atomic E-state index is 0.0699. The van der Waals surface area contributed by atoms with Crippen molar-refractivity contribution in [1.29, 1.82) is 0 Å². The first-order valence-electron chi connectivity index (χ1n) is 15.8. The van der Waals surface area contributed by atoms with Crippen molar-refractivity contribution in [3.05, 3.63) is 118 Å². The van der Waals surface area contributed by atoms with Crippen molar-refractivity contribution < 1.29 is 19.1 Å². The Morgan fingerprint density at radius 1 is 0.800 bits per heavy atom. The van der Waals surface area contributed by atoms with Crippen molar-refractivity contribution in [2.24, 2.45) is 10.8 Å². The van der Waals surface area contributed by atoms with Crippen LogP contribution in [0.15, 0.2) is 101 Å². The van der Waals surface area contributed by atoms with Crippen LogP contribution in [0.2, 0.25) is 0 Å². The summed E-state index contributed by atoms with van der Waals surface area (Å²) in [5, 5.41) is 2.91. The van der Waals surface area contributed by atoms with Gasteiger partial charge in [-0.15, -0.1) is 0 Å². The number of para-hydroxylation sites is 1. The molecule has 6 nitrogen and oxygen atoms in total. The van der Waals surface area contributed by atoms with Gasteiger partial charge in [-0.25, -0.2) is 0 Å².